The molecule has 0 radical (unpaired) electrons. The van der Waals surface area contributed by atoms with Gasteiger partial charge in [-0.15, -0.1) is 0 Å². The summed E-state index contributed by atoms with van der Waals surface area (Å²) in [5.74, 6) is 0. The summed E-state index contributed by atoms with van der Waals surface area (Å²) in [5.41, 5.74) is 0.914. The third-order valence-corrected chi connectivity index (χ3v) is 4.49. The van der Waals surface area contributed by atoms with Crippen molar-refractivity contribution >= 4 is 11.4 Å². The molecular weight excluding hydrogens is 282 g/mol. The molecule has 1 N–H and O–H groups in total. The Labute approximate surface area is 129 Å². The zero-order valence-electron chi connectivity index (χ0n) is 12.4. The highest BCUT2D eigenvalue weighted by Gasteiger charge is 2.29. The van der Waals surface area contributed by atoms with E-state index < -0.39 is 4.92 Å². The molecule has 2 saturated heterocycles. The maximum atomic E-state index is 10.9. The van der Waals surface area contributed by atoms with Crippen molar-refractivity contribution in [3.8, 4) is 6.07 Å². The molecule has 2 fully saturated rings. The van der Waals surface area contributed by atoms with Gasteiger partial charge in [-0.2, -0.15) is 5.26 Å². The summed E-state index contributed by atoms with van der Waals surface area (Å²) in [6, 6.07) is 7.28. The van der Waals surface area contributed by atoms with Crippen LogP contribution in [0.1, 0.15) is 12.0 Å². The lowest BCUT2D eigenvalue weighted by Gasteiger charge is -2.32. The molecular formula is C15H19N5O2. The number of hydrogen-bond acceptors (Lipinski definition) is 6. The fraction of sp³-hybridized carbons (Fsp3) is 0.533. The average molecular weight is 301 g/mol. The van der Waals surface area contributed by atoms with Gasteiger partial charge in [0.25, 0.3) is 5.69 Å². The van der Waals surface area contributed by atoms with Crippen LogP contribution in [-0.2, 0) is 0 Å². The first kappa shape index (κ1) is 14.8. The third-order valence-electron chi connectivity index (χ3n) is 4.49. The summed E-state index contributed by atoms with van der Waals surface area (Å²) >= 11 is 0. The van der Waals surface area contributed by atoms with E-state index in [2.05, 4.69) is 15.1 Å². The highest BCUT2D eigenvalue weighted by Crippen LogP contribution is 2.28. The molecule has 0 amide bonds. The van der Waals surface area contributed by atoms with Crippen molar-refractivity contribution in [2.24, 2.45) is 0 Å². The number of rotatable bonds is 3. The fourth-order valence-corrected chi connectivity index (χ4v) is 3.29. The van der Waals surface area contributed by atoms with E-state index in [1.165, 1.54) is 6.07 Å². The monoisotopic (exact) mass is 301 g/mol. The Kier molecular flexibility index (Phi) is 4.22. The van der Waals surface area contributed by atoms with Gasteiger partial charge in [0.1, 0.15) is 11.6 Å². The van der Waals surface area contributed by atoms with Gasteiger partial charge in [-0.05, 0) is 18.6 Å². The van der Waals surface area contributed by atoms with Crippen molar-refractivity contribution in [3.63, 3.8) is 0 Å². The lowest BCUT2D eigenvalue weighted by molar-refractivity contribution is -0.385. The van der Waals surface area contributed by atoms with Gasteiger partial charge in [-0.1, -0.05) is 0 Å². The van der Waals surface area contributed by atoms with Crippen LogP contribution < -0.4 is 10.2 Å². The number of nitrogens with one attached hydrogen (secondary N) is 1. The number of nitro benzene ring substituents is 1. The number of benzene rings is 1. The van der Waals surface area contributed by atoms with E-state index in [0.29, 0.717) is 6.04 Å². The van der Waals surface area contributed by atoms with Gasteiger partial charge in [0.15, 0.2) is 0 Å². The molecule has 116 valence electrons. The Morgan fingerprint density at radius 1 is 1.32 bits per heavy atom. The van der Waals surface area contributed by atoms with Crippen molar-refractivity contribution in [1.82, 2.24) is 10.2 Å². The second-order valence-corrected chi connectivity index (χ2v) is 5.74. The Morgan fingerprint density at radius 3 is 2.77 bits per heavy atom. The number of piperazine rings is 1. The number of nitro groups is 1. The molecule has 0 saturated carbocycles. The van der Waals surface area contributed by atoms with Crippen LogP contribution in [0.5, 0.6) is 0 Å². The van der Waals surface area contributed by atoms with Crippen LogP contribution in [0.4, 0.5) is 11.4 Å². The van der Waals surface area contributed by atoms with Crippen molar-refractivity contribution in [2.45, 2.75) is 12.5 Å². The molecule has 1 atom stereocenters. The Hall–Kier alpha value is -2.17. The van der Waals surface area contributed by atoms with Crippen LogP contribution in [0.25, 0.3) is 0 Å². The van der Waals surface area contributed by atoms with Crippen molar-refractivity contribution in [3.05, 3.63) is 33.9 Å². The van der Waals surface area contributed by atoms with E-state index in [1.54, 1.807) is 12.1 Å². The second-order valence-electron chi connectivity index (χ2n) is 5.74. The fourth-order valence-electron chi connectivity index (χ4n) is 3.29. The van der Waals surface area contributed by atoms with E-state index >= 15 is 0 Å². The minimum absolute atomic E-state index is 0.121. The van der Waals surface area contributed by atoms with Gasteiger partial charge in [-0.25, -0.2) is 0 Å². The maximum Gasteiger partial charge on any atom is 0.287 e. The van der Waals surface area contributed by atoms with Crippen LogP contribution in [0.3, 0.4) is 0 Å². The normalized spacial score (nSPS) is 22.5. The molecule has 0 aliphatic carbocycles. The number of nitriles is 1. The van der Waals surface area contributed by atoms with Gasteiger partial charge in [0.2, 0.25) is 0 Å². The smallest absolute Gasteiger partial charge is 0.287 e. The molecule has 0 aromatic heterocycles. The molecule has 3 rings (SSSR count). The zero-order valence-corrected chi connectivity index (χ0v) is 12.4. The number of hydrogen-bond donors (Lipinski definition) is 1. The zero-order chi connectivity index (χ0) is 15.5. The highest BCUT2D eigenvalue weighted by atomic mass is 16.6. The molecule has 1 aromatic rings. The Morgan fingerprint density at radius 2 is 2.09 bits per heavy atom. The SMILES string of the molecule is N#Cc1cc(N2CCC(N3CCNCC3)C2)ccc1[N+](=O)[O-]. The topological polar surface area (TPSA) is 85.4 Å². The number of nitrogens with zero attached hydrogens (tertiary/aromatic N) is 4. The van der Waals surface area contributed by atoms with Crippen molar-refractivity contribution < 1.29 is 4.92 Å². The van der Waals surface area contributed by atoms with Crippen LogP contribution in [0.2, 0.25) is 0 Å². The molecule has 2 heterocycles. The first-order chi connectivity index (χ1) is 10.7. The van der Waals surface area contributed by atoms with Crippen LogP contribution >= 0.6 is 0 Å². The standard InChI is InChI=1S/C15H19N5O2/c16-10-12-9-13(1-2-15(12)20(21)22)19-6-3-14(11-19)18-7-4-17-5-8-18/h1-2,9,14,17H,3-8,11H2. The average Bonchev–Trinajstić information content (AvgIpc) is 3.05. The predicted octanol–water partition coefficient (Wildman–Crippen LogP) is 0.950. The van der Waals surface area contributed by atoms with E-state index in [4.69, 9.17) is 5.26 Å². The van der Waals surface area contributed by atoms with Gasteiger partial charge >= 0.3 is 0 Å². The van der Waals surface area contributed by atoms with E-state index in [1.807, 2.05) is 6.07 Å². The molecule has 7 nitrogen and oxygen atoms in total. The van der Waals surface area contributed by atoms with Gasteiger partial charge in [-0.3, -0.25) is 15.0 Å². The molecule has 7 heteroatoms. The quantitative estimate of drug-likeness (QED) is 0.661. The molecule has 1 unspecified atom stereocenters. The largest absolute Gasteiger partial charge is 0.370 e. The van der Waals surface area contributed by atoms with Gasteiger partial charge < -0.3 is 10.2 Å². The molecule has 2 aliphatic rings. The minimum Gasteiger partial charge on any atom is -0.370 e. The molecule has 0 spiro atoms. The van der Waals surface area contributed by atoms with E-state index in [-0.39, 0.29) is 11.3 Å². The van der Waals surface area contributed by atoms with Gasteiger partial charge in [0, 0.05) is 57.1 Å². The van der Waals surface area contributed by atoms with Crippen molar-refractivity contribution in [1.29, 1.82) is 5.26 Å². The number of anilines is 1. The molecule has 2 aliphatic heterocycles. The van der Waals surface area contributed by atoms with Gasteiger partial charge in [0.05, 0.1) is 4.92 Å². The Bertz CT molecular complexity index is 606. The van der Waals surface area contributed by atoms with Crippen molar-refractivity contribution in [2.75, 3.05) is 44.2 Å². The molecule has 1 aromatic carbocycles. The maximum absolute atomic E-state index is 10.9. The predicted molar refractivity (Wildman–Crippen MR) is 82.9 cm³/mol. The first-order valence-corrected chi connectivity index (χ1v) is 7.57. The van der Waals surface area contributed by atoms with E-state index in [9.17, 15) is 10.1 Å². The molecule has 22 heavy (non-hydrogen) atoms. The van der Waals surface area contributed by atoms with Crippen LogP contribution in [-0.4, -0.2) is 55.1 Å². The summed E-state index contributed by atoms with van der Waals surface area (Å²) in [7, 11) is 0. The summed E-state index contributed by atoms with van der Waals surface area (Å²) in [5, 5.41) is 23.4. The van der Waals surface area contributed by atoms with Crippen LogP contribution in [0, 0.1) is 21.4 Å². The lowest BCUT2D eigenvalue weighted by atomic mass is 10.1. The van der Waals surface area contributed by atoms with Crippen LogP contribution in [0.15, 0.2) is 18.2 Å². The lowest BCUT2D eigenvalue weighted by Crippen LogP contribution is -2.49. The summed E-state index contributed by atoms with van der Waals surface area (Å²) in [6.45, 7) is 6.06. The highest BCUT2D eigenvalue weighted by molar-refractivity contribution is 5.60. The molecule has 0 bridgehead atoms. The summed E-state index contributed by atoms with van der Waals surface area (Å²) in [4.78, 5) is 15.1. The third kappa shape index (κ3) is 2.89. The summed E-state index contributed by atoms with van der Waals surface area (Å²) in [6.07, 6.45) is 1.10. The van der Waals surface area contributed by atoms with E-state index in [0.717, 1.165) is 51.4 Å². The first-order valence-electron chi connectivity index (χ1n) is 7.57. The second kappa shape index (κ2) is 6.30. The Balaban J connectivity index is 1.73. The minimum atomic E-state index is -0.504. The summed E-state index contributed by atoms with van der Waals surface area (Å²) < 4.78 is 0.